The van der Waals surface area contributed by atoms with Gasteiger partial charge in [0.25, 0.3) is 0 Å². The molecule has 1 aliphatic carbocycles. The number of carboxylic acids is 1. The number of carbonyl (C=O) groups is 1. The third-order valence-electron chi connectivity index (χ3n) is 2.52. The average Bonchev–Trinajstić information content (AvgIpc) is 2.81. The fourth-order valence-corrected chi connectivity index (χ4v) is 1.81. The Balaban J connectivity index is 2.27. The highest BCUT2D eigenvalue weighted by molar-refractivity contribution is 6.31. The summed E-state index contributed by atoms with van der Waals surface area (Å²) in [6.45, 7) is 0. The molecule has 15 heavy (non-hydrogen) atoms. The number of benzene rings is 1. The minimum absolute atomic E-state index is 0.113. The van der Waals surface area contributed by atoms with Gasteiger partial charge in [0, 0.05) is 11.4 Å². The Morgan fingerprint density at radius 3 is 2.67 bits per heavy atom. The van der Waals surface area contributed by atoms with E-state index in [2.05, 4.69) is 0 Å². The van der Waals surface area contributed by atoms with Crippen molar-refractivity contribution in [2.24, 2.45) is 0 Å². The van der Waals surface area contributed by atoms with Gasteiger partial charge in [-0.25, -0.2) is 9.18 Å². The quantitative estimate of drug-likeness (QED) is 0.863. The molecule has 2 nitrogen and oxygen atoms in total. The van der Waals surface area contributed by atoms with E-state index in [1.807, 2.05) is 0 Å². The first-order valence-corrected chi connectivity index (χ1v) is 5.08. The maximum absolute atomic E-state index is 13.5. The predicted molar refractivity (Wildman–Crippen MR) is 55.2 cm³/mol. The van der Waals surface area contributed by atoms with E-state index in [0.29, 0.717) is 23.4 Å². The maximum atomic E-state index is 13.5. The highest BCUT2D eigenvalue weighted by Crippen LogP contribution is 2.42. The van der Waals surface area contributed by atoms with Crippen molar-refractivity contribution in [1.29, 1.82) is 0 Å². The lowest BCUT2D eigenvalue weighted by molar-refractivity contribution is 0.0696. The van der Waals surface area contributed by atoms with Crippen LogP contribution >= 0.6 is 11.6 Å². The normalized spacial score (nSPS) is 17.5. The Labute approximate surface area is 91.7 Å². The van der Waals surface area contributed by atoms with Crippen molar-refractivity contribution in [2.75, 3.05) is 0 Å². The van der Waals surface area contributed by atoms with Crippen LogP contribution in [0.3, 0.4) is 0 Å². The predicted octanol–water partition coefficient (Wildman–Crippen LogP) is 3.08. The molecule has 0 amide bonds. The molecular weight excluding hydrogens is 219 g/mol. The minimum atomic E-state index is -1.12. The number of halogens is 2. The molecule has 1 N–H and O–H groups in total. The highest BCUT2D eigenvalue weighted by atomic mass is 35.5. The van der Waals surface area contributed by atoms with E-state index in [1.165, 1.54) is 12.1 Å². The standard InChI is InChI=1S/C11H10ClFO2/c12-9-4-7(6-11(13)1-2-11)3-8(5-9)10(14)15/h3-5H,1-2,6H2,(H,14,15). The zero-order valence-electron chi connectivity index (χ0n) is 7.96. The molecule has 0 aromatic heterocycles. The van der Waals surface area contributed by atoms with Gasteiger partial charge in [-0.2, -0.15) is 0 Å². The summed E-state index contributed by atoms with van der Waals surface area (Å²) in [4.78, 5) is 10.7. The van der Waals surface area contributed by atoms with Crippen LogP contribution in [0.15, 0.2) is 18.2 Å². The van der Waals surface area contributed by atoms with E-state index in [-0.39, 0.29) is 12.0 Å². The molecule has 0 saturated heterocycles. The van der Waals surface area contributed by atoms with Crippen molar-refractivity contribution < 1.29 is 14.3 Å². The fraction of sp³-hybridized carbons (Fsp3) is 0.364. The molecule has 0 spiro atoms. The molecule has 1 aromatic rings. The summed E-state index contributed by atoms with van der Waals surface area (Å²) in [6, 6.07) is 4.46. The molecule has 4 heteroatoms. The van der Waals surface area contributed by atoms with Gasteiger partial charge < -0.3 is 5.11 Å². The summed E-state index contributed by atoms with van der Waals surface area (Å²) >= 11 is 5.76. The van der Waals surface area contributed by atoms with Crippen LogP contribution in [0.4, 0.5) is 4.39 Å². The topological polar surface area (TPSA) is 37.3 Å². The monoisotopic (exact) mass is 228 g/mol. The smallest absolute Gasteiger partial charge is 0.335 e. The number of rotatable bonds is 3. The first-order valence-electron chi connectivity index (χ1n) is 4.70. The van der Waals surface area contributed by atoms with Crippen LogP contribution < -0.4 is 0 Å². The van der Waals surface area contributed by atoms with E-state index in [0.717, 1.165) is 0 Å². The average molecular weight is 229 g/mol. The lowest BCUT2D eigenvalue weighted by Gasteiger charge is -2.06. The number of carboxylic acid groups (broad SMARTS) is 1. The van der Waals surface area contributed by atoms with Crippen molar-refractivity contribution in [3.05, 3.63) is 34.3 Å². The SMILES string of the molecule is O=C(O)c1cc(Cl)cc(CC2(F)CC2)c1. The third-order valence-corrected chi connectivity index (χ3v) is 2.74. The maximum Gasteiger partial charge on any atom is 0.335 e. The van der Waals surface area contributed by atoms with Gasteiger partial charge >= 0.3 is 5.97 Å². The number of hydrogen-bond donors (Lipinski definition) is 1. The molecule has 2 rings (SSSR count). The van der Waals surface area contributed by atoms with Crippen molar-refractivity contribution in [1.82, 2.24) is 0 Å². The molecule has 1 aromatic carbocycles. The number of aromatic carboxylic acids is 1. The molecule has 0 aliphatic heterocycles. The molecule has 1 fully saturated rings. The van der Waals surface area contributed by atoms with E-state index in [4.69, 9.17) is 16.7 Å². The van der Waals surface area contributed by atoms with Gasteiger partial charge in [0.15, 0.2) is 0 Å². The fourth-order valence-electron chi connectivity index (χ4n) is 1.55. The second-order valence-corrected chi connectivity index (χ2v) is 4.42. The molecule has 1 aliphatic rings. The van der Waals surface area contributed by atoms with Crippen LogP contribution in [0.25, 0.3) is 0 Å². The third kappa shape index (κ3) is 2.48. The second-order valence-electron chi connectivity index (χ2n) is 3.98. The molecule has 0 unspecified atom stereocenters. The van der Waals surface area contributed by atoms with Gasteiger partial charge in [-0.3, -0.25) is 0 Å². The Morgan fingerprint density at radius 2 is 2.13 bits per heavy atom. The molecular formula is C11H10ClFO2. The summed E-state index contributed by atoms with van der Waals surface area (Å²) in [5, 5.41) is 9.14. The Kier molecular flexibility index (Phi) is 2.43. The van der Waals surface area contributed by atoms with Crippen molar-refractivity contribution in [3.63, 3.8) is 0 Å². The summed E-state index contributed by atoms with van der Waals surface area (Å²) in [5.41, 5.74) is -0.359. The molecule has 80 valence electrons. The van der Waals surface area contributed by atoms with Crippen LogP contribution in [0, 0.1) is 0 Å². The van der Waals surface area contributed by atoms with E-state index >= 15 is 0 Å². The van der Waals surface area contributed by atoms with Gasteiger partial charge in [-0.15, -0.1) is 0 Å². The van der Waals surface area contributed by atoms with Crippen molar-refractivity contribution in [3.8, 4) is 0 Å². The Hall–Kier alpha value is -1.09. The van der Waals surface area contributed by atoms with Gasteiger partial charge in [0.2, 0.25) is 0 Å². The summed E-state index contributed by atoms with van der Waals surface area (Å²) in [6.07, 6.45) is 1.37. The lowest BCUT2D eigenvalue weighted by Crippen LogP contribution is -2.06. The minimum Gasteiger partial charge on any atom is -0.478 e. The first-order chi connectivity index (χ1) is 6.98. The van der Waals surface area contributed by atoms with Crippen molar-refractivity contribution >= 4 is 17.6 Å². The molecule has 0 heterocycles. The van der Waals surface area contributed by atoms with Gasteiger partial charge in [0.05, 0.1) is 5.56 Å². The van der Waals surface area contributed by atoms with Crippen LogP contribution in [-0.4, -0.2) is 16.7 Å². The molecule has 0 bridgehead atoms. The molecule has 1 saturated carbocycles. The van der Waals surface area contributed by atoms with Crippen LogP contribution in [0.1, 0.15) is 28.8 Å². The van der Waals surface area contributed by atoms with Crippen molar-refractivity contribution in [2.45, 2.75) is 24.9 Å². The zero-order chi connectivity index (χ0) is 11.1. The number of hydrogen-bond acceptors (Lipinski definition) is 1. The summed E-state index contributed by atoms with van der Waals surface area (Å²) < 4.78 is 13.5. The van der Waals surface area contributed by atoms with E-state index in [1.54, 1.807) is 6.07 Å². The van der Waals surface area contributed by atoms with E-state index in [9.17, 15) is 9.18 Å². The molecule has 0 atom stereocenters. The largest absolute Gasteiger partial charge is 0.478 e. The highest BCUT2D eigenvalue weighted by Gasteiger charge is 2.43. The Bertz CT molecular complexity index is 413. The zero-order valence-corrected chi connectivity index (χ0v) is 8.72. The van der Waals surface area contributed by atoms with Crippen LogP contribution in [0.2, 0.25) is 5.02 Å². The van der Waals surface area contributed by atoms with Gasteiger partial charge in [0.1, 0.15) is 5.67 Å². The van der Waals surface area contributed by atoms with Crippen LogP contribution in [0.5, 0.6) is 0 Å². The first kappa shape index (κ1) is 10.4. The van der Waals surface area contributed by atoms with Gasteiger partial charge in [-0.05, 0) is 36.6 Å². The lowest BCUT2D eigenvalue weighted by atomic mass is 10.0. The Morgan fingerprint density at radius 1 is 1.47 bits per heavy atom. The summed E-state index contributed by atoms with van der Waals surface area (Å²) in [7, 11) is 0. The van der Waals surface area contributed by atoms with E-state index < -0.39 is 11.6 Å². The second kappa shape index (κ2) is 3.49. The van der Waals surface area contributed by atoms with Crippen LogP contribution in [-0.2, 0) is 6.42 Å². The molecule has 0 radical (unpaired) electrons. The number of alkyl halides is 1. The summed E-state index contributed by atoms with van der Waals surface area (Å²) in [5.74, 6) is -1.04. The van der Waals surface area contributed by atoms with Gasteiger partial charge in [-0.1, -0.05) is 11.6 Å².